The van der Waals surface area contributed by atoms with Crippen LogP contribution in [0.15, 0.2) is 6.33 Å². The van der Waals surface area contributed by atoms with Gasteiger partial charge in [0.05, 0.1) is 12.2 Å². The highest BCUT2D eigenvalue weighted by Crippen LogP contribution is 2.41. The minimum Gasteiger partial charge on any atom is -0.461 e. The molecule has 1 aliphatic carbocycles. The number of anilines is 1. The van der Waals surface area contributed by atoms with Gasteiger partial charge in [0.15, 0.2) is 22.6 Å². The molecule has 9 nitrogen and oxygen atoms in total. The predicted octanol–water partition coefficient (Wildman–Crippen LogP) is 2.60. The number of aromatic nitrogens is 4. The number of nitrogen functional groups attached to an aromatic ring is 1. The van der Waals surface area contributed by atoms with Crippen molar-refractivity contribution in [3.8, 4) is 12.3 Å². The molecule has 0 radical (unpaired) electrons. The Morgan fingerprint density at radius 2 is 2.09 bits per heavy atom. The Balaban J connectivity index is 1.43. The van der Waals surface area contributed by atoms with E-state index in [2.05, 4.69) is 41.6 Å². The number of halogens is 1. The van der Waals surface area contributed by atoms with E-state index in [4.69, 9.17) is 21.6 Å². The smallest absolute Gasteiger partial charge is 0.312 e. The van der Waals surface area contributed by atoms with Gasteiger partial charge in [-0.3, -0.25) is 9.36 Å². The van der Waals surface area contributed by atoms with Crippen molar-refractivity contribution in [2.75, 3.05) is 12.3 Å². The Bertz CT molecular complexity index is 1080. The zero-order valence-electron chi connectivity index (χ0n) is 19.1. The van der Waals surface area contributed by atoms with Gasteiger partial charge in [-0.1, -0.05) is 26.7 Å². The molecule has 1 aliphatic heterocycles. The number of nitrogens with zero attached hydrogens (tertiary/aromatic N) is 4. The molecule has 3 atom stereocenters. The van der Waals surface area contributed by atoms with Crippen molar-refractivity contribution in [1.29, 1.82) is 0 Å². The summed E-state index contributed by atoms with van der Waals surface area (Å²) in [6.07, 6.45) is 7.73. The number of aliphatic hydroxyl groups is 1. The van der Waals surface area contributed by atoms with E-state index in [9.17, 15) is 14.3 Å². The SMILES string of the molecule is C#C[C@]1(COC(=O)[C@H]2CC[C@H](C(C)(C)C)CC2)O[C@@H](n2cnc3c(N)nc(F)nc32)C[C@@H]1O. The molecular weight excluding hydrogens is 429 g/mol. The lowest BCUT2D eigenvalue weighted by molar-refractivity contribution is -0.162. The second kappa shape index (κ2) is 8.54. The maximum atomic E-state index is 13.7. The standard InChI is InChI=1S/C23H30FN5O4/c1-5-23(11-32-20(31)13-6-8-14(9-7-13)22(2,3)4)15(30)10-16(33-23)29-12-26-17-18(25)27-21(24)28-19(17)29/h1,12-16,30H,6-11H2,2-4H3,(H2,25,27,28)/t13-,14-,15-,16+,23+/m0/s1. The Morgan fingerprint density at radius 1 is 1.39 bits per heavy atom. The minimum atomic E-state index is -1.53. The maximum Gasteiger partial charge on any atom is 0.312 e. The molecule has 3 N–H and O–H groups in total. The number of rotatable bonds is 4. The third-order valence-corrected chi connectivity index (χ3v) is 7.00. The maximum absolute atomic E-state index is 13.7. The molecule has 0 aromatic carbocycles. The third-order valence-electron chi connectivity index (χ3n) is 7.00. The van der Waals surface area contributed by atoms with Crippen LogP contribution in [0.4, 0.5) is 10.2 Å². The van der Waals surface area contributed by atoms with Gasteiger partial charge in [0, 0.05) is 6.42 Å². The average molecular weight is 460 g/mol. The summed E-state index contributed by atoms with van der Waals surface area (Å²) in [5.41, 5.74) is 4.74. The van der Waals surface area contributed by atoms with Crippen LogP contribution in [0.5, 0.6) is 0 Å². The van der Waals surface area contributed by atoms with Crippen LogP contribution in [0.2, 0.25) is 0 Å². The number of ether oxygens (including phenoxy) is 2. The molecule has 2 aliphatic rings. The zero-order chi connectivity index (χ0) is 24.0. The number of carbonyl (C=O) groups is 1. The fraction of sp³-hybridized carbons (Fsp3) is 0.652. The summed E-state index contributed by atoms with van der Waals surface area (Å²) in [5.74, 6) is 2.42. The Labute approximate surface area is 191 Å². The van der Waals surface area contributed by atoms with E-state index < -0.39 is 24.0 Å². The monoisotopic (exact) mass is 459 g/mol. The summed E-state index contributed by atoms with van der Waals surface area (Å²) in [6, 6.07) is 0. The molecule has 1 saturated heterocycles. The average Bonchev–Trinajstić information content (AvgIpc) is 3.33. The Hall–Kier alpha value is -2.77. The van der Waals surface area contributed by atoms with Gasteiger partial charge in [0.2, 0.25) is 0 Å². The van der Waals surface area contributed by atoms with Crippen molar-refractivity contribution in [2.45, 2.75) is 70.8 Å². The van der Waals surface area contributed by atoms with Gasteiger partial charge in [0.25, 0.3) is 0 Å². The highest BCUT2D eigenvalue weighted by molar-refractivity contribution is 5.81. The molecule has 0 bridgehead atoms. The van der Waals surface area contributed by atoms with Gasteiger partial charge in [-0.2, -0.15) is 14.4 Å². The summed E-state index contributed by atoms with van der Waals surface area (Å²) >= 11 is 0. The van der Waals surface area contributed by atoms with Crippen LogP contribution in [0.25, 0.3) is 11.2 Å². The van der Waals surface area contributed by atoms with Gasteiger partial charge in [0.1, 0.15) is 18.9 Å². The first-order valence-corrected chi connectivity index (χ1v) is 11.2. The molecule has 3 heterocycles. The van der Waals surface area contributed by atoms with Gasteiger partial charge in [-0.15, -0.1) is 6.42 Å². The van der Waals surface area contributed by atoms with Gasteiger partial charge in [-0.05, 0) is 37.0 Å². The first-order valence-electron chi connectivity index (χ1n) is 11.2. The van der Waals surface area contributed by atoms with Crippen LogP contribution in [0.3, 0.4) is 0 Å². The summed E-state index contributed by atoms with van der Waals surface area (Å²) in [7, 11) is 0. The van der Waals surface area contributed by atoms with E-state index >= 15 is 0 Å². The molecule has 178 valence electrons. The number of hydrogen-bond donors (Lipinski definition) is 2. The highest BCUT2D eigenvalue weighted by Gasteiger charge is 2.49. The summed E-state index contributed by atoms with van der Waals surface area (Å²) in [4.78, 5) is 24.0. The predicted molar refractivity (Wildman–Crippen MR) is 118 cm³/mol. The lowest BCUT2D eigenvalue weighted by Crippen LogP contribution is -2.44. The van der Waals surface area contributed by atoms with Crippen LogP contribution < -0.4 is 5.73 Å². The second-order valence-electron chi connectivity index (χ2n) is 10.1. The number of esters is 1. The number of hydrogen-bond acceptors (Lipinski definition) is 8. The highest BCUT2D eigenvalue weighted by atomic mass is 19.1. The van der Waals surface area contributed by atoms with Crippen LogP contribution in [-0.4, -0.2) is 48.9 Å². The van der Waals surface area contributed by atoms with Crippen molar-refractivity contribution in [3.63, 3.8) is 0 Å². The number of terminal acetylenes is 1. The quantitative estimate of drug-likeness (QED) is 0.406. The van der Waals surface area contributed by atoms with E-state index in [-0.39, 0.29) is 47.3 Å². The molecule has 2 aromatic rings. The molecule has 4 rings (SSSR count). The normalized spacial score (nSPS) is 30.3. The molecule has 33 heavy (non-hydrogen) atoms. The zero-order valence-corrected chi connectivity index (χ0v) is 19.1. The summed E-state index contributed by atoms with van der Waals surface area (Å²) in [6.45, 7) is 6.39. The second-order valence-corrected chi connectivity index (χ2v) is 10.1. The Kier molecular flexibility index (Phi) is 6.05. The topological polar surface area (TPSA) is 125 Å². The van der Waals surface area contributed by atoms with E-state index in [1.807, 2.05) is 0 Å². The first-order chi connectivity index (χ1) is 15.5. The van der Waals surface area contributed by atoms with Crippen molar-refractivity contribution in [1.82, 2.24) is 19.5 Å². The lowest BCUT2D eigenvalue weighted by Gasteiger charge is -2.36. The van der Waals surface area contributed by atoms with E-state index in [1.165, 1.54) is 10.9 Å². The van der Waals surface area contributed by atoms with Crippen molar-refractivity contribution < 1.29 is 23.8 Å². The number of aliphatic hydroxyl groups excluding tert-OH is 1. The van der Waals surface area contributed by atoms with E-state index in [1.54, 1.807) is 0 Å². The number of carbonyl (C=O) groups excluding carboxylic acids is 1. The van der Waals surface area contributed by atoms with Crippen LogP contribution in [-0.2, 0) is 14.3 Å². The summed E-state index contributed by atoms with van der Waals surface area (Å²) < 4.78 is 26.7. The molecule has 1 saturated carbocycles. The number of fused-ring (bicyclic) bond motifs is 1. The van der Waals surface area contributed by atoms with Crippen LogP contribution in [0.1, 0.15) is 59.1 Å². The molecule has 2 fully saturated rings. The number of imidazole rings is 1. The van der Waals surface area contributed by atoms with E-state index in [0.717, 1.165) is 25.7 Å². The van der Waals surface area contributed by atoms with Crippen molar-refractivity contribution >= 4 is 23.0 Å². The Morgan fingerprint density at radius 3 is 2.73 bits per heavy atom. The van der Waals surface area contributed by atoms with Gasteiger partial charge in [-0.25, -0.2) is 4.98 Å². The molecule has 2 aromatic heterocycles. The molecule has 0 spiro atoms. The van der Waals surface area contributed by atoms with Crippen LogP contribution >= 0.6 is 0 Å². The summed E-state index contributed by atoms with van der Waals surface area (Å²) in [5, 5.41) is 10.7. The van der Waals surface area contributed by atoms with Crippen molar-refractivity contribution in [3.05, 3.63) is 12.4 Å². The van der Waals surface area contributed by atoms with Crippen LogP contribution in [0, 0.1) is 35.7 Å². The molecule has 10 heteroatoms. The fourth-order valence-electron chi connectivity index (χ4n) is 4.84. The van der Waals surface area contributed by atoms with Gasteiger partial charge < -0.3 is 20.3 Å². The van der Waals surface area contributed by atoms with Crippen molar-refractivity contribution in [2.24, 2.45) is 17.3 Å². The molecular formula is C23H30FN5O4. The minimum absolute atomic E-state index is 0.0788. The third kappa shape index (κ3) is 4.39. The first kappa shape index (κ1) is 23.4. The fourth-order valence-corrected chi connectivity index (χ4v) is 4.84. The lowest BCUT2D eigenvalue weighted by atomic mass is 9.70. The molecule has 0 unspecified atom stereocenters. The number of nitrogens with two attached hydrogens (primary N) is 1. The van der Waals surface area contributed by atoms with Gasteiger partial charge >= 0.3 is 12.0 Å². The molecule has 0 amide bonds. The van der Waals surface area contributed by atoms with E-state index in [0.29, 0.717) is 5.92 Å². The largest absolute Gasteiger partial charge is 0.461 e.